The SMILES string of the molecule is CCc1c(C)[nH]n(-c2cccc(C)c2C)c1=O. The topological polar surface area (TPSA) is 37.8 Å². The van der Waals surface area contributed by atoms with Gasteiger partial charge in [-0.15, -0.1) is 0 Å². The highest BCUT2D eigenvalue weighted by Gasteiger charge is 2.12. The van der Waals surface area contributed by atoms with Crippen LogP contribution in [0.25, 0.3) is 5.69 Å². The monoisotopic (exact) mass is 230 g/mol. The van der Waals surface area contributed by atoms with E-state index in [-0.39, 0.29) is 5.56 Å². The minimum Gasteiger partial charge on any atom is -0.295 e. The third kappa shape index (κ3) is 1.82. The van der Waals surface area contributed by atoms with Crippen molar-refractivity contribution in [1.29, 1.82) is 0 Å². The molecule has 1 heterocycles. The quantitative estimate of drug-likeness (QED) is 0.846. The van der Waals surface area contributed by atoms with Gasteiger partial charge in [0.15, 0.2) is 0 Å². The average molecular weight is 230 g/mol. The molecule has 3 heteroatoms. The summed E-state index contributed by atoms with van der Waals surface area (Å²) in [7, 11) is 0. The molecule has 0 fully saturated rings. The van der Waals surface area contributed by atoms with Crippen LogP contribution in [0.1, 0.15) is 29.3 Å². The predicted molar refractivity (Wildman–Crippen MR) is 70.0 cm³/mol. The molecule has 0 aliphatic rings. The zero-order chi connectivity index (χ0) is 12.6. The van der Waals surface area contributed by atoms with Crippen LogP contribution in [0.5, 0.6) is 0 Å². The summed E-state index contributed by atoms with van der Waals surface area (Å²) in [6, 6.07) is 6.01. The van der Waals surface area contributed by atoms with Crippen LogP contribution in [-0.4, -0.2) is 9.78 Å². The molecule has 17 heavy (non-hydrogen) atoms. The van der Waals surface area contributed by atoms with Crippen LogP contribution in [0.3, 0.4) is 0 Å². The molecule has 0 saturated heterocycles. The molecule has 0 saturated carbocycles. The van der Waals surface area contributed by atoms with E-state index in [0.29, 0.717) is 0 Å². The Labute approximate surface area is 101 Å². The molecule has 0 amide bonds. The number of rotatable bonds is 2. The summed E-state index contributed by atoms with van der Waals surface area (Å²) in [4.78, 5) is 12.2. The van der Waals surface area contributed by atoms with E-state index in [2.05, 4.69) is 18.1 Å². The number of nitrogens with one attached hydrogen (secondary N) is 1. The molecule has 0 aliphatic heterocycles. The van der Waals surface area contributed by atoms with Crippen LogP contribution in [-0.2, 0) is 6.42 Å². The molecular weight excluding hydrogens is 212 g/mol. The lowest BCUT2D eigenvalue weighted by molar-refractivity contribution is 0.826. The first-order valence-corrected chi connectivity index (χ1v) is 5.93. The first-order chi connectivity index (χ1) is 8.06. The molecule has 0 radical (unpaired) electrons. The summed E-state index contributed by atoms with van der Waals surface area (Å²) in [6.07, 6.45) is 0.763. The van der Waals surface area contributed by atoms with Crippen LogP contribution >= 0.6 is 0 Å². The Morgan fingerprint density at radius 2 is 1.94 bits per heavy atom. The van der Waals surface area contributed by atoms with Crippen LogP contribution in [0, 0.1) is 20.8 Å². The van der Waals surface area contributed by atoms with Gasteiger partial charge in [0.25, 0.3) is 5.56 Å². The fourth-order valence-corrected chi connectivity index (χ4v) is 2.15. The lowest BCUT2D eigenvalue weighted by atomic mass is 10.1. The maximum absolute atomic E-state index is 12.2. The standard InChI is InChI=1S/C14H18N2O/c1-5-12-11(4)15-16(14(12)17)13-8-6-7-9(2)10(13)3/h6-8,15H,5H2,1-4H3. The van der Waals surface area contributed by atoms with Crippen LogP contribution in [0.15, 0.2) is 23.0 Å². The van der Waals surface area contributed by atoms with Gasteiger partial charge in [-0.2, -0.15) is 0 Å². The molecule has 1 aromatic carbocycles. The predicted octanol–water partition coefficient (Wildman–Crippen LogP) is 2.65. The third-order valence-electron chi connectivity index (χ3n) is 3.36. The van der Waals surface area contributed by atoms with E-state index in [1.807, 2.05) is 32.9 Å². The number of H-pyrrole nitrogens is 1. The Bertz CT molecular complexity index is 605. The van der Waals surface area contributed by atoms with E-state index < -0.39 is 0 Å². The Balaban J connectivity index is 2.70. The van der Waals surface area contributed by atoms with Gasteiger partial charge in [0.2, 0.25) is 0 Å². The van der Waals surface area contributed by atoms with Crippen molar-refractivity contribution in [2.24, 2.45) is 0 Å². The molecule has 2 rings (SSSR count). The molecule has 0 bridgehead atoms. The van der Waals surface area contributed by atoms with Gasteiger partial charge in [0.05, 0.1) is 5.69 Å². The highest BCUT2D eigenvalue weighted by Crippen LogP contribution is 2.16. The number of aryl methyl sites for hydroxylation is 2. The van der Waals surface area contributed by atoms with Crippen molar-refractivity contribution in [1.82, 2.24) is 9.78 Å². The van der Waals surface area contributed by atoms with Crippen molar-refractivity contribution < 1.29 is 0 Å². The van der Waals surface area contributed by atoms with Crippen LogP contribution < -0.4 is 5.56 Å². The maximum atomic E-state index is 12.2. The second-order valence-corrected chi connectivity index (χ2v) is 4.43. The van der Waals surface area contributed by atoms with Gasteiger partial charge in [-0.1, -0.05) is 19.1 Å². The summed E-state index contributed by atoms with van der Waals surface area (Å²) in [6.45, 7) is 8.05. The number of hydrogen-bond acceptors (Lipinski definition) is 1. The summed E-state index contributed by atoms with van der Waals surface area (Å²) in [5, 5.41) is 3.15. The van der Waals surface area contributed by atoms with E-state index in [9.17, 15) is 4.79 Å². The van der Waals surface area contributed by atoms with Gasteiger partial charge in [0.1, 0.15) is 0 Å². The lowest BCUT2D eigenvalue weighted by Crippen LogP contribution is -2.18. The molecule has 0 spiro atoms. The van der Waals surface area contributed by atoms with Crippen molar-refractivity contribution in [3.05, 3.63) is 50.9 Å². The van der Waals surface area contributed by atoms with E-state index in [0.717, 1.165) is 28.9 Å². The van der Waals surface area contributed by atoms with E-state index in [4.69, 9.17) is 0 Å². The van der Waals surface area contributed by atoms with Gasteiger partial charge in [0, 0.05) is 11.3 Å². The number of benzene rings is 1. The number of hydrogen-bond donors (Lipinski definition) is 1. The number of nitrogens with zero attached hydrogens (tertiary/aromatic N) is 1. The molecule has 0 atom stereocenters. The lowest BCUT2D eigenvalue weighted by Gasteiger charge is -2.08. The normalized spacial score (nSPS) is 10.8. The molecule has 0 unspecified atom stereocenters. The van der Waals surface area contributed by atoms with Crippen molar-refractivity contribution in [2.75, 3.05) is 0 Å². The fourth-order valence-electron chi connectivity index (χ4n) is 2.15. The summed E-state index contributed by atoms with van der Waals surface area (Å²) in [5.41, 5.74) is 5.17. The minimum atomic E-state index is 0.0682. The van der Waals surface area contributed by atoms with E-state index >= 15 is 0 Å². The van der Waals surface area contributed by atoms with Crippen molar-refractivity contribution >= 4 is 0 Å². The Morgan fingerprint density at radius 3 is 2.53 bits per heavy atom. The first-order valence-electron chi connectivity index (χ1n) is 5.93. The molecule has 3 nitrogen and oxygen atoms in total. The van der Waals surface area contributed by atoms with Crippen molar-refractivity contribution in [2.45, 2.75) is 34.1 Å². The molecule has 0 aliphatic carbocycles. The Morgan fingerprint density at radius 1 is 1.24 bits per heavy atom. The number of aromatic amines is 1. The summed E-state index contributed by atoms with van der Waals surface area (Å²) >= 11 is 0. The molecule has 90 valence electrons. The molecular formula is C14H18N2O. The van der Waals surface area contributed by atoms with Crippen molar-refractivity contribution in [3.63, 3.8) is 0 Å². The van der Waals surface area contributed by atoms with Gasteiger partial charge in [-0.3, -0.25) is 9.89 Å². The minimum absolute atomic E-state index is 0.0682. The summed E-state index contributed by atoms with van der Waals surface area (Å²) in [5.74, 6) is 0. The first kappa shape index (κ1) is 11.7. The third-order valence-corrected chi connectivity index (χ3v) is 3.36. The van der Waals surface area contributed by atoms with Crippen LogP contribution in [0.2, 0.25) is 0 Å². The van der Waals surface area contributed by atoms with Gasteiger partial charge < -0.3 is 0 Å². The second-order valence-electron chi connectivity index (χ2n) is 4.43. The fraction of sp³-hybridized carbons (Fsp3) is 0.357. The van der Waals surface area contributed by atoms with Crippen molar-refractivity contribution in [3.8, 4) is 5.69 Å². The van der Waals surface area contributed by atoms with Gasteiger partial charge in [-0.25, -0.2) is 4.68 Å². The van der Waals surface area contributed by atoms with Gasteiger partial charge in [-0.05, 0) is 44.4 Å². The molecule has 1 aromatic heterocycles. The zero-order valence-corrected chi connectivity index (χ0v) is 10.8. The van der Waals surface area contributed by atoms with E-state index in [1.165, 1.54) is 5.56 Å². The van der Waals surface area contributed by atoms with Gasteiger partial charge >= 0.3 is 0 Å². The zero-order valence-electron chi connectivity index (χ0n) is 10.8. The molecule has 2 aromatic rings. The largest absolute Gasteiger partial charge is 0.295 e. The summed E-state index contributed by atoms with van der Waals surface area (Å²) < 4.78 is 1.65. The Kier molecular flexibility index (Phi) is 2.92. The average Bonchev–Trinajstić information content (AvgIpc) is 2.58. The van der Waals surface area contributed by atoms with Crippen LogP contribution in [0.4, 0.5) is 0 Å². The smallest absolute Gasteiger partial charge is 0.274 e. The maximum Gasteiger partial charge on any atom is 0.274 e. The second kappa shape index (κ2) is 4.24. The molecule has 1 N–H and O–H groups in total. The number of aromatic nitrogens is 2. The highest BCUT2D eigenvalue weighted by molar-refractivity contribution is 5.44. The van der Waals surface area contributed by atoms with E-state index in [1.54, 1.807) is 4.68 Å². The highest BCUT2D eigenvalue weighted by atomic mass is 16.1. The Hall–Kier alpha value is -1.77.